The van der Waals surface area contributed by atoms with Crippen LogP contribution < -0.4 is 10.2 Å². The van der Waals surface area contributed by atoms with Crippen molar-refractivity contribution < 1.29 is 4.52 Å². The van der Waals surface area contributed by atoms with Gasteiger partial charge in [-0.05, 0) is 26.2 Å². The molecule has 7 heteroatoms. The first-order valence-corrected chi connectivity index (χ1v) is 7.68. The topological polar surface area (TPSA) is 72.0 Å². The van der Waals surface area contributed by atoms with Gasteiger partial charge in [0.05, 0.1) is 11.2 Å². The van der Waals surface area contributed by atoms with Crippen molar-refractivity contribution in [3.8, 4) is 0 Å². The number of hydrogen-bond acceptors (Lipinski definition) is 6. The van der Waals surface area contributed by atoms with Crippen LogP contribution in [0.15, 0.2) is 4.52 Å². The lowest BCUT2D eigenvalue weighted by Gasteiger charge is -2.40. The van der Waals surface area contributed by atoms with Crippen molar-refractivity contribution in [1.29, 1.82) is 0 Å². The standard InChI is InChI=1S/C15H24N6O/c1-10-12(13(20(3)4)21(5)18-10)9-16-15(7-6-8-15)14-17-11(2)22-19-14/h16H,6-9H2,1-5H3. The number of aromatic nitrogens is 4. The molecule has 0 saturated heterocycles. The Morgan fingerprint density at radius 2 is 2.05 bits per heavy atom. The minimum atomic E-state index is -0.149. The highest BCUT2D eigenvalue weighted by molar-refractivity contribution is 5.49. The minimum absolute atomic E-state index is 0.149. The molecule has 0 spiro atoms. The van der Waals surface area contributed by atoms with Gasteiger partial charge in [0.2, 0.25) is 5.89 Å². The lowest BCUT2D eigenvalue weighted by Crippen LogP contribution is -2.48. The van der Waals surface area contributed by atoms with E-state index in [4.69, 9.17) is 4.52 Å². The molecular weight excluding hydrogens is 280 g/mol. The Balaban J connectivity index is 1.83. The Morgan fingerprint density at radius 3 is 2.55 bits per heavy atom. The Kier molecular flexibility index (Phi) is 3.68. The fourth-order valence-electron chi connectivity index (χ4n) is 3.22. The van der Waals surface area contributed by atoms with Crippen LogP contribution in [0.3, 0.4) is 0 Å². The van der Waals surface area contributed by atoms with Gasteiger partial charge in [-0.3, -0.25) is 4.68 Å². The van der Waals surface area contributed by atoms with Gasteiger partial charge in [-0.15, -0.1) is 0 Å². The molecule has 0 unspecified atom stereocenters. The highest BCUT2D eigenvalue weighted by atomic mass is 16.5. The second-order valence-corrected chi connectivity index (χ2v) is 6.33. The Bertz CT molecular complexity index is 668. The molecule has 22 heavy (non-hydrogen) atoms. The first kappa shape index (κ1) is 15.0. The number of aryl methyl sites for hydroxylation is 3. The summed E-state index contributed by atoms with van der Waals surface area (Å²) in [5.74, 6) is 2.53. The van der Waals surface area contributed by atoms with Crippen molar-refractivity contribution in [2.75, 3.05) is 19.0 Å². The van der Waals surface area contributed by atoms with Gasteiger partial charge in [-0.25, -0.2) is 0 Å². The van der Waals surface area contributed by atoms with Crippen LogP contribution in [0.1, 0.15) is 42.2 Å². The Labute approximate surface area is 130 Å². The van der Waals surface area contributed by atoms with E-state index < -0.39 is 0 Å². The second kappa shape index (κ2) is 5.39. The third kappa shape index (κ3) is 2.39. The maximum Gasteiger partial charge on any atom is 0.223 e. The maximum atomic E-state index is 5.16. The molecule has 1 N–H and O–H groups in total. The SMILES string of the molecule is Cc1nc(C2(NCc3c(C)nn(C)c3N(C)C)CCC2)no1. The van der Waals surface area contributed by atoms with Crippen molar-refractivity contribution in [2.24, 2.45) is 7.05 Å². The van der Waals surface area contributed by atoms with Crippen LogP contribution in [-0.2, 0) is 19.1 Å². The molecule has 0 aromatic carbocycles. The number of rotatable bonds is 5. The summed E-state index contributed by atoms with van der Waals surface area (Å²) in [6.45, 7) is 4.63. The smallest absolute Gasteiger partial charge is 0.223 e. The minimum Gasteiger partial charge on any atom is -0.363 e. The van der Waals surface area contributed by atoms with Gasteiger partial charge in [0.25, 0.3) is 0 Å². The van der Waals surface area contributed by atoms with Crippen molar-refractivity contribution >= 4 is 5.82 Å². The Hall–Kier alpha value is -1.89. The highest BCUT2D eigenvalue weighted by Gasteiger charge is 2.42. The van der Waals surface area contributed by atoms with Crippen LogP contribution in [0.5, 0.6) is 0 Å². The van der Waals surface area contributed by atoms with E-state index in [1.54, 1.807) is 0 Å². The van der Waals surface area contributed by atoms with Gasteiger partial charge in [-0.1, -0.05) is 5.16 Å². The maximum absolute atomic E-state index is 5.16. The van der Waals surface area contributed by atoms with Crippen molar-refractivity contribution in [1.82, 2.24) is 25.2 Å². The van der Waals surface area contributed by atoms with Gasteiger partial charge in [-0.2, -0.15) is 10.1 Å². The molecule has 1 aliphatic rings. The van der Waals surface area contributed by atoms with Gasteiger partial charge < -0.3 is 14.7 Å². The van der Waals surface area contributed by atoms with E-state index in [1.807, 2.05) is 32.7 Å². The normalized spacial score (nSPS) is 16.6. The molecule has 0 aliphatic heterocycles. The molecule has 2 heterocycles. The van der Waals surface area contributed by atoms with Crippen molar-refractivity contribution in [2.45, 2.75) is 45.2 Å². The number of nitrogens with zero attached hydrogens (tertiary/aromatic N) is 5. The van der Waals surface area contributed by atoms with E-state index in [0.29, 0.717) is 5.89 Å². The van der Waals surface area contributed by atoms with Gasteiger partial charge >= 0.3 is 0 Å². The van der Waals surface area contributed by atoms with E-state index in [0.717, 1.165) is 36.7 Å². The monoisotopic (exact) mass is 304 g/mol. The first-order chi connectivity index (χ1) is 10.4. The molecule has 0 radical (unpaired) electrons. The fourth-order valence-corrected chi connectivity index (χ4v) is 3.22. The number of nitrogens with one attached hydrogen (secondary N) is 1. The van der Waals surface area contributed by atoms with Gasteiger partial charge in [0.1, 0.15) is 5.82 Å². The van der Waals surface area contributed by atoms with Crippen LogP contribution >= 0.6 is 0 Å². The first-order valence-electron chi connectivity index (χ1n) is 7.68. The molecule has 7 nitrogen and oxygen atoms in total. The van der Waals surface area contributed by atoms with Crippen LogP contribution in [-0.4, -0.2) is 34.0 Å². The second-order valence-electron chi connectivity index (χ2n) is 6.33. The molecule has 2 aromatic rings. The van der Waals surface area contributed by atoms with E-state index in [-0.39, 0.29) is 5.54 Å². The molecular formula is C15H24N6O. The third-order valence-corrected chi connectivity index (χ3v) is 4.50. The summed E-state index contributed by atoms with van der Waals surface area (Å²) >= 11 is 0. The predicted octanol–water partition coefficient (Wildman–Crippen LogP) is 1.65. The average Bonchev–Trinajstić information content (AvgIpc) is 2.93. The molecule has 1 saturated carbocycles. The molecule has 0 atom stereocenters. The zero-order valence-electron chi connectivity index (χ0n) is 14.0. The van der Waals surface area contributed by atoms with Crippen molar-refractivity contribution in [3.63, 3.8) is 0 Å². The van der Waals surface area contributed by atoms with E-state index in [9.17, 15) is 0 Å². The quantitative estimate of drug-likeness (QED) is 0.905. The summed E-state index contributed by atoms with van der Waals surface area (Å²) in [5, 5.41) is 12.3. The fraction of sp³-hybridized carbons (Fsp3) is 0.667. The van der Waals surface area contributed by atoms with Crippen molar-refractivity contribution in [3.05, 3.63) is 23.0 Å². The molecule has 120 valence electrons. The van der Waals surface area contributed by atoms with Crippen LogP contribution in [0.4, 0.5) is 5.82 Å². The third-order valence-electron chi connectivity index (χ3n) is 4.50. The van der Waals surface area contributed by atoms with Gasteiger partial charge in [0, 0.05) is 40.2 Å². The zero-order valence-corrected chi connectivity index (χ0v) is 14.0. The summed E-state index contributed by atoms with van der Waals surface area (Å²) in [6, 6.07) is 0. The summed E-state index contributed by atoms with van der Waals surface area (Å²) in [6.07, 6.45) is 3.28. The molecule has 3 rings (SSSR count). The lowest BCUT2D eigenvalue weighted by atomic mass is 9.76. The summed E-state index contributed by atoms with van der Waals surface area (Å²) in [5.41, 5.74) is 2.13. The summed E-state index contributed by atoms with van der Waals surface area (Å²) in [4.78, 5) is 6.53. The zero-order chi connectivity index (χ0) is 15.9. The average molecular weight is 304 g/mol. The largest absolute Gasteiger partial charge is 0.363 e. The van der Waals surface area contributed by atoms with E-state index in [1.165, 1.54) is 12.0 Å². The number of hydrogen-bond donors (Lipinski definition) is 1. The van der Waals surface area contributed by atoms with Crippen LogP contribution in [0, 0.1) is 13.8 Å². The molecule has 1 aliphatic carbocycles. The summed E-state index contributed by atoms with van der Waals surface area (Å²) < 4.78 is 7.09. The van der Waals surface area contributed by atoms with Crippen LogP contribution in [0.2, 0.25) is 0 Å². The van der Waals surface area contributed by atoms with Crippen LogP contribution in [0.25, 0.3) is 0 Å². The predicted molar refractivity (Wildman–Crippen MR) is 83.7 cm³/mol. The lowest BCUT2D eigenvalue weighted by molar-refractivity contribution is 0.165. The molecule has 1 fully saturated rings. The molecule has 0 amide bonds. The molecule has 2 aromatic heterocycles. The highest BCUT2D eigenvalue weighted by Crippen LogP contribution is 2.40. The van der Waals surface area contributed by atoms with Gasteiger partial charge in [0.15, 0.2) is 5.82 Å². The van der Waals surface area contributed by atoms with E-state index >= 15 is 0 Å². The number of anilines is 1. The van der Waals surface area contributed by atoms with E-state index in [2.05, 4.69) is 32.4 Å². The summed E-state index contributed by atoms with van der Waals surface area (Å²) in [7, 11) is 6.07. The Morgan fingerprint density at radius 1 is 1.32 bits per heavy atom. The molecule has 0 bridgehead atoms.